The van der Waals surface area contributed by atoms with Crippen LogP contribution in [0.3, 0.4) is 0 Å². The van der Waals surface area contributed by atoms with Crippen LogP contribution in [0.2, 0.25) is 5.02 Å². The molecule has 148 valence electrons. The van der Waals surface area contributed by atoms with E-state index in [4.69, 9.17) is 16.8 Å². The van der Waals surface area contributed by atoms with E-state index in [1.54, 1.807) is 41.9 Å². The highest BCUT2D eigenvalue weighted by Crippen LogP contribution is 2.22. The third-order valence-electron chi connectivity index (χ3n) is 5.14. The number of nitrogens with zero attached hydrogens (tertiary/aromatic N) is 2. The number of carbonyl (C=O) groups is 2. The number of hydroxylamine groups is 1. The molecule has 0 aromatic heterocycles. The van der Waals surface area contributed by atoms with Gasteiger partial charge in [-0.2, -0.15) is 0 Å². The molecule has 2 aromatic carbocycles. The summed E-state index contributed by atoms with van der Waals surface area (Å²) in [5, 5.41) is 9.27. The number of hydrogen-bond acceptors (Lipinski definition) is 4. The van der Waals surface area contributed by atoms with Crippen molar-refractivity contribution in [2.45, 2.75) is 32.5 Å². The van der Waals surface area contributed by atoms with E-state index >= 15 is 0 Å². The highest BCUT2D eigenvalue weighted by molar-refractivity contribution is 6.30. The Morgan fingerprint density at radius 3 is 2.29 bits per heavy atom. The average molecular weight is 402 g/mol. The zero-order chi connectivity index (χ0) is 20.3. The van der Waals surface area contributed by atoms with Crippen LogP contribution in [0, 0.1) is 0 Å². The van der Waals surface area contributed by atoms with Crippen LogP contribution in [0.4, 0.5) is 0 Å². The molecule has 2 atom stereocenters. The van der Waals surface area contributed by atoms with Crippen LogP contribution < -0.4 is 5.48 Å². The number of carbonyl (C=O) groups excluding carboxylic acids is 2. The molecule has 1 heterocycles. The van der Waals surface area contributed by atoms with Crippen molar-refractivity contribution in [3.8, 4) is 0 Å². The topological polar surface area (TPSA) is 72.9 Å². The molecule has 0 saturated carbocycles. The summed E-state index contributed by atoms with van der Waals surface area (Å²) in [5.74, 6) is -0.526. The van der Waals surface area contributed by atoms with Gasteiger partial charge >= 0.3 is 0 Å². The normalized spacial score (nSPS) is 20.1. The van der Waals surface area contributed by atoms with Gasteiger partial charge < -0.3 is 4.90 Å². The molecule has 28 heavy (non-hydrogen) atoms. The van der Waals surface area contributed by atoms with E-state index < -0.39 is 5.91 Å². The number of rotatable bonds is 4. The molecule has 2 N–H and O–H groups in total. The van der Waals surface area contributed by atoms with Gasteiger partial charge in [-0.1, -0.05) is 29.8 Å². The van der Waals surface area contributed by atoms with Gasteiger partial charge in [-0.15, -0.1) is 0 Å². The standard InChI is InChI=1S/C21H24ClN3O3/c1-14-11-24(21(27)18-4-3-5-19(22)10-18)12-15(2)25(14)13-16-6-8-17(9-7-16)20(26)23-28/h3-10,14-15,28H,11-13H2,1-2H3,(H,23,26)/t14-,15+. The molecular weight excluding hydrogens is 378 g/mol. The van der Waals surface area contributed by atoms with Gasteiger partial charge in [0, 0.05) is 47.9 Å². The van der Waals surface area contributed by atoms with Crippen LogP contribution in [0.5, 0.6) is 0 Å². The lowest BCUT2D eigenvalue weighted by Crippen LogP contribution is -2.57. The lowest BCUT2D eigenvalue weighted by atomic mass is 10.0. The minimum Gasteiger partial charge on any atom is -0.336 e. The van der Waals surface area contributed by atoms with Crippen molar-refractivity contribution in [1.82, 2.24) is 15.3 Å². The SMILES string of the molecule is C[C@@H]1CN(C(=O)c2cccc(Cl)c2)C[C@H](C)N1Cc1ccc(C(=O)NO)cc1. The minimum absolute atomic E-state index is 0.000203. The zero-order valence-corrected chi connectivity index (χ0v) is 16.7. The summed E-state index contributed by atoms with van der Waals surface area (Å²) in [6.07, 6.45) is 0. The van der Waals surface area contributed by atoms with Gasteiger partial charge in [0.15, 0.2) is 0 Å². The van der Waals surface area contributed by atoms with Crippen molar-refractivity contribution < 1.29 is 14.8 Å². The van der Waals surface area contributed by atoms with Crippen molar-refractivity contribution in [2.24, 2.45) is 0 Å². The lowest BCUT2D eigenvalue weighted by molar-refractivity contribution is 0.0269. The molecule has 3 rings (SSSR count). The van der Waals surface area contributed by atoms with Gasteiger partial charge in [-0.25, -0.2) is 5.48 Å². The second-order valence-corrected chi connectivity index (χ2v) is 7.67. The first-order valence-electron chi connectivity index (χ1n) is 9.23. The predicted molar refractivity (Wildman–Crippen MR) is 108 cm³/mol. The van der Waals surface area contributed by atoms with E-state index in [1.165, 1.54) is 0 Å². The number of amides is 2. The Labute approximate surface area is 169 Å². The molecule has 7 heteroatoms. The molecule has 1 saturated heterocycles. The maximum atomic E-state index is 12.8. The molecule has 0 radical (unpaired) electrons. The van der Waals surface area contributed by atoms with Gasteiger partial charge in [-0.05, 0) is 49.7 Å². The Morgan fingerprint density at radius 1 is 1.07 bits per heavy atom. The molecule has 0 bridgehead atoms. The number of nitrogens with one attached hydrogen (secondary N) is 1. The Hall–Kier alpha value is -2.41. The van der Waals surface area contributed by atoms with Gasteiger partial charge in [-0.3, -0.25) is 19.7 Å². The Kier molecular flexibility index (Phi) is 6.34. The van der Waals surface area contributed by atoms with Crippen LogP contribution in [-0.4, -0.2) is 52.0 Å². The van der Waals surface area contributed by atoms with Crippen molar-refractivity contribution in [3.63, 3.8) is 0 Å². The third-order valence-corrected chi connectivity index (χ3v) is 5.38. The van der Waals surface area contributed by atoms with Gasteiger partial charge in [0.25, 0.3) is 11.8 Å². The fourth-order valence-electron chi connectivity index (χ4n) is 3.68. The van der Waals surface area contributed by atoms with E-state index in [0.29, 0.717) is 29.2 Å². The Balaban J connectivity index is 1.66. The third kappa shape index (κ3) is 4.52. The monoisotopic (exact) mass is 401 g/mol. The molecular formula is C21H24ClN3O3. The van der Waals surface area contributed by atoms with Crippen LogP contribution in [-0.2, 0) is 6.54 Å². The highest BCUT2D eigenvalue weighted by Gasteiger charge is 2.32. The zero-order valence-electron chi connectivity index (χ0n) is 15.9. The van der Waals surface area contributed by atoms with E-state index in [2.05, 4.69) is 18.7 Å². The summed E-state index contributed by atoms with van der Waals surface area (Å²) in [6.45, 7) is 6.23. The van der Waals surface area contributed by atoms with Gasteiger partial charge in [0.2, 0.25) is 0 Å². The first-order valence-corrected chi connectivity index (χ1v) is 9.60. The second kappa shape index (κ2) is 8.73. The number of piperazine rings is 1. The van der Waals surface area contributed by atoms with Crippen molar-refractivity contribution in [1.29, 1.82) is 0 Å². The molecule has 1 aliphatic heterocycles. The smallest absolute Gasteiger partial charge is 0.274 e. The molecule has 0 spiro atoms. The van der Waals surface area contributed by atoms with E-state index in [1.807, 2.05) is 17.0 Å². The largest absolute Gasteiger partial charge is 0.336 e. The number of halogens is 1. The molecule has 0 aliphatic carbocycles. The van der Waals surface area contributed by atoms with E-state index in [0.717, 1.165) is 12.1 Å². The molecule has 1 fully saturated rings. The molecule has 2 aromatic rings. The van der Waals surface area contributed by atoms with E-state index in [-0.39, 0.29) is 18.0 Å². The molecule has 6 nitrogen and oxygen atoms in total. The Morgan fingerprint density at radius 2 is 1.71 bits per heavy atom. The second-order valence-electron chi connectivity index (χ2n) is 7.23. The van der Waals surface area contributed by atoms with Gasteiger partial charge in [0.1, 0.15) is 0 Å². The summed E-state index contributed by atoms with van der Waals surface area (Å²) >= 11 is 6.02. The van der Waals surface area contributed by atoms with Crippen LogP contribution in [0.1, 0.15) is 40.1 Å². The summed E-state index contributed by atoms with van der Waals surface area (Å²) in [7, 11) is 0. The number of hydrogen-bond donors (Lipinski definition) is 2. The highest BCUT2D eigenvalue weighted by atomic mass is 35.5. The fourth-order valence-corrected chi connectivity index (χ4v) is 3.87. The summed E-state index contributed by atoms with van der Waals surface area (Å²) in [6, 6.07) is 14.6. The maximum absolute atomic E-state index is 12.8. The predicted octanol–water partition coefficient (Wildman–Crippen LogP) is 3.19. The first kappa shape index (κ1) is 20.3. The van der Waals surface area contributed by atoms with Crippen molar-refractivity contribution in [3.05, 3.63) is 70.2 Å². The minimum atomic E-state index is -0.526. The summed E-state index contributed by atoms with van der Waals surface area (Å²) in [4.78, 5) is 28.5. The first-order chi connectivity index (χ1) is 13.4. The molecule has 2 amide bonds. The lowest BCUT2D eigenvalue weighted by Gasteiger charge is -2.44. The Bertz CT molecular complexity index is 844. The maximum Gasteiger partial charge on any atom is 0.274 e. The summed E-state index contributed by atoms with van der Waals surface area (Å²) < 4.78 is 0. The van der Waals surface area contributed by atoms with Crippen molar-refractivity contribution >= 4 is 23.4 Å². The quantitative estimate of drug-likeness (QED) is 0.609. The molecule has 1 aliphatic rings. The van der Waals surface area contributed by atoms with E-state index in [9.17, 15) is 9.59 Å². The van der Waals surface area contributed by atoms with Gasteiger partial charge in [0.05, 0.1) is 0 Å². The fraction of sp³-hybridized carbons (Fsp3) is 0.333. The summed E-state index contributed by atoms with van der Waals surface area (Å²) in [5.41, 5.74) is 3.72. The van der Waals surface area contributed by atoms with Crippen LogP contribution >= 0.6 is 11.6 Å². The molecule has 0 unspecified atom stereocenters. The average Bonchev–Trinajstić information content (AvgIpc) is 2.70. The van der Waals surface area contributed by atoms with Crippen molar-refractivity contribution in [2.75, 3.05) is 13.1 Å². The van der Waals surface area contributed by atoms with Crippen LogP contribution in [0.15, 0.2) is 48.5 Å². The number of benzene rings is 2. The van der Waals surface area contributed by atoms with Crippen LogP contribution in [0.25, 0.3) is 0 Å².